The number of hydrogen-bond donors (Lipinski definition) is 1. The second-order valence-corrected chi connectivity index (χ2v) is 10.5. The van der Waals surface area contributed by atoms with Crippen LogP contribution < -0.4 is 5.32 Å². The minimum atomic E-state index is -0.219. The van der Waals surface area contributed by atoms with Crippen LogP contribution in [0.15, 0.2) is 79.0 Å². The van der Waals surface area contributed by atoms with E-state index in [1.165, 1.54) is 24.3 Å². The standard InChI is InChI=1S/C31H33ClF2N4/c32-25-6-11-29-30(12-16-36-31(29)20-25)35-15-1-17-37-18-13-28(14-19-37)38(21-23-2-7-26(33)8-3-23)22-24-4-9-27(34)10-5-24/h2-12,16,20,28H,1,13-15,17-19,21-22H2,(H,35,36). The highest BCUT2D eigenvalue weighted by Gasteiger charge is 2.25. The zero-order valence-electron chi connectivity index (χ0n) is 21.4. The molecule has 2 heterocycles. The fourth-order valence-corrected chi connectivity index (χ4v) is 5.44. The van der Waals surface area contributed by atoms with Gasteiger partial charge in [-0.05, 0) is 98.6 Å². The Hall–Kier alpha value is -3.06. The van der Waals surface area contributed by atoms with Crippen LogP contribution in [0.3, 0.4) is 0 Å². The predicted octanol–water partition coefficient (Wildman–Crippen LogP) is 7.14. The second-order valence-electron chi connectivity index (χ2n) is 10.0. The molecule has 5 rings (SSSR count). The van der Waals surface area contributed by atoms with Gasteiger partial charge in [-0.3, -0.25) is 9.88 Å². The molecule has 3 aromatic carbocycles. The number of aromatic nitrogens is 1. The van der Waals surface area contributed by atoms with Crippen molar-refractivity contribution in [3.05, 3.63) is 107 Å². The van der Waals surface area contributed by atoms with Gasteiger partial charge >= 0.3 is 0 Å². The Labute approximate surface area is 228 Å². The summed E-state index contributed by atoms with van der Waals surface area (Å²) < 4.78 is 26.9. The van der Waals surface area contributed by atoms with Crippen LogP contribution in [0.4, 0.5) is 14.5 Å². The molecule has 1 aromatic heterocycles. The first-order valence-corrected chi connectivity index (χ1v) is 13.6. The molecule has 0 amide bonds. The average Bonchev–Trinajstić information content (AvgIpc) is 2.93. The molecule has 4 aromatic rings. The number of benzene rings is 3. The van der Waals surface area contributed by atoms with E-state index in [4.69, 9.17) is 11.6 Å². The molecule has 0 bridgehead atoms. The monoisotopic (exact) mass is 534 g/mol. The summed E-state index contributed by atoms with van der Waals surface area (Å²) in [5.74, 6) is -0.439. The molecule has 0 unspecified atom stereocenters. The van der Waals surface area contributed by atoms with Gasteiger partial charge < -0.3 is 10.2 Å². The molecule has 1 fully saturated rings. The maximum Gasteiger partial charge on any atom is 0.123 e. The smallest absolute Gasteiger partial charge is 0.123 e. The highest BCUT2D eigenvalue weighted by molar-refractivity contribution is 6.31. The Morgan fingerprint density at radius 3 is 2.13 bits per heavy atom. The van der Waals surface area contributed by atoms with E-state index in [2.05, 4.69) is 20.1 Å². The minimum absolute atomic E-state index is 0.219. The van der Waals surface area contributed by atoms with E-state index in [-0.39, 0.29) is 11.6 Å². The van der Waals surface area contributed by atoms with E-state index < -0.39 is 0 Å². The van der Waals surface area contributed by atoms with E-state index in [9.17, 15) is 8.78 Å². The van der Waals surface area contributed by atoms with Gasteiger partial charge in [-0.15, -0.1) is 0 Å². The van der Waals surface area contributed by atoms with E-state index in [0.717, 1.165) is 86.2 Å². The lowest BCUT2D eigenvalue weighted by atomic mass is 10.0. The lowest BCUT2D eigenvalue weighted by Gasteiger charge is -2.39. The van der Waals surface area contributed by atoms with Crippen LogP contribution in [0.25, 0.3) is 10.9 Å². The summed E-state index contributed by atoms with van der Waals surface area (Å²) in [6.45, 7) is 5.53. The Balaban J connectivity index is 1.13. The lowest BCUT2D eigenvalue weighted by molar-refractivity contribution is 0.0964. The summed E-state index contributed by atoms with van der Waals surface area (Å²) in [7, 11) is 0. The molecule has 0 aliphatic carbocycles. The minimum Gasteiger partial charge on any atom is -0.384 e. The molecule has 1 saturated heterocycles. The molecule has 4 nitrogen and oxygen atoms in total. The van der Waals surface area contributed by atoms with E-state index in [0.29, 0.717) is 11.1 Å². The molecule has 1 aliphatic heterocycles. The third kappa shape index (κ3) is 7.07. The zero-order chi connectivity index (χ0) is 26.3. The highest BCUT2D eigenvalue weighted by Crippen LogP contribution is 2.25. The predicted molar refractivity (Wildman–Crippen MR) is 151 cm³/mol. The number of nitrogens with one attached hydrogen (secondary N) is 1. The summed E-state index contributed by atoms with van der Waals surface area (Å²) in [5, 5.41) is 5.34. The van der Waals surface area contributed by atoms with Crippen LogP contribution in [-0.4, -0.2) is 47.0 Å². The Morgan fingerprint density at radius 1 is 0.868 bits per heavy atom. The molecule has 1 aliphatic rings. The van der Waals surface area contributed by atoms with Gasteiger partial charge in [0.15, 0.2) is 0 Å². The molecular formula is C31H33ClF2N4. The molecule has 38 heavy (non-hydrogen) atoms. The average molecular weight is 535 g/mol. The number of halogens is 3. The molecule has 198 valence electrons. The van der Waals surface area contributed by atoms with Gasteiger partial charge in [-0.2, -0.15) is 0 Å². The van der Waals surface area contributed by atoms with Crippen LogP contribution in [0.1, 0.15) is 30.4 Å². The maximum absolute atomic E-state index is 13.4. The van der Waals surface area contributed by atoms with Crippen molar-refractivity contribution in [3.63, 3.8) is 0 Å². The van der Waals surface area contributed by atoms with Crippen molar-refractivity contribution in [2.45, 2.75) is 38.4 Å². The van der Waals surface area contributed by atoms with Crippen LogP contribution in [0.5, 0.6) is 0 Å². The normalized spacial score (nSPS) is 14.8. The van der Waals surface area contributed by atoms with Crippen molar-refractivity contribution in [1.82, 2.24) is 14.8 Å². The van der Waals surface area contributed by atoms with E-state index >= 15 is 0 Å². The number of nitrogens with zero attached hydrogens (tertiary/aromatic N) is 3. The molecule has 0 saturated carbocycles. The van der Waals surface area contributed by atoms with Crippen LogP contribution in [0.2, 0.25) is 5.02 Å². The number of rotatable bonds is 10. The Morgan fingerprint density at radius 2 is 1.50 bits per heavy atom. The van der Waals surface area contributed by atoms with Crippen LogP contribution in [-0.2, 0) is 13.1 Å². The SMILES string of the molecule is Fc1ccc(CN(Cc2ccc(F)cc2)C2CCN(CCCNc3ccnc4cc(Cl)ccc34)CC2)cc1. The fraction of sp³-hybridized carbons (Fsp3) is 0.323. The summed E-state index contributed by atoms with van der Waals surface area (Å²) in [4.78, 5) is 9.41. The van der Waals surface area contributed by atoms with Gasteiger partial charge in [0.1, 0.15) is 11.6 Å². The summed E-state index contributed by atoms with van der Waals surface area (Å²) >= 11 is 6.11. The van der Waals surface area contributed by atoms with Gasteiger partial charge in [-0.25, -0.2) is 8.78 Å². The van der Waals surface area contributed by atoms with Crippen LogP contribution in [0, 0.1) is 11.6 Å². The number of pyridine rings is 1. The van der Waals surface area contributed by atoms with Gasteiger partial charge in [0, 0.05) is 48.0 Å². The van der Waals surface area contributed by atoms with E-state index in [1.807, 2.05) is 54.7 Å². The molecular weight excluding hydrogens is 502 g/mol. The maximum atomic E-state index is 13.4. The largest absolute Gasteiger partial charge is 0.384 e. The second kappa shape index (κ2) is 12.7. The summed E-state index contributed by atoms with van der Waals surface area (Å²) in [5.41, 5.74) is 4.17. The van der Waals surface area contributed by atoms with Crippen molar-refractivity contribution in [3.8, 4) is 0 Å². The van der Waals surface area contributed by atoms with Gasteiger partial charge in [0.2, 0.25) is 0 Å². The number of fused-ring (bicyclic) bond motifs is 1. The van der Waals surface area contributed by atoms with Crippen molar-refractivity contribution in [2.24, 2.45) is 0 Å². The van der Waals surface area contributed by atoms with Gasteiger partial charge in [-0.1, -0.05) is 35.9 Å². The molecule has 0 radical (unpaired) electrons. The van der Waals surface area contributed by atoms with E-state index in [1.54, 1.807) is 0 Å². The first-order valence-electron chi connectivity index (χ1n) is 13.3. The molecule has 7 heteroatoms. The van der Waals surface area contributed by atoms with Crippen molar-refractivity contribution in [1.29, 1.82) is 0 Å². The lowest BCUT2D eigenvalue weighted by Crippen LogP contribution is -2.44. The highest BCUT2D eigenvalue weighted by atomic mass is 35.5. The molecule has 0 atom stereocenters. The quantitative estimate of drug-likeness (QED) is 0.219. The summed E-state index contributed by atoms with van der Waals surface area (Å²) in [6, 6.07) is 21.7. The number of piperidine rings is 1. The van der Waals surface area contributed by atoms with Gasteiger partial charge in [0.25, 0.3) is 0 Å². The van der Waals surface area contributed by atoms with Gasteiger partial charge in [0.05, 0.1) is 5.52 Å². The van der Waals surface area contributed by atoms with Crippen LogP contribution >= 0.6 is 11.6 Å². The third-order valence-electron chi connectivity index (χ3n) is 7.34. The summed E-state index contributed by atoms with van der Waals surface area (Å²) in [6.07, 6.45) is 5.02. The van der Waals surface area contributed by atoms with Crippen molar-refractivity contribution in [2.75, 3.05) is 31.5 Å². The number of likely N-dealkylation sites (tertiary alicyclic amines) is 1. The Kier molecular flexibility index (Phi) is 8.84. The Bertz CT molecular complexity index is 1270. The fourth-order valence-electron chi connectivity index (χ4n) is 5.27. The van der Waals surface area contributed by atoms with Crippen molar-refractivity contribution >= 4 is 28.2 Å². The van der Waals surface area contributed by atoms with Crippen molar-refractivity contribution < 1.29 is 8.78 Å². The zero-order valence-corrected chi connectivity index (χ0v) is 22.2. The molecule has 1 N–H and O–H groups in total. The first-order chi connectivity index (χ1) is 18.5. The number of hydrogen-bond acceptors (Lipinski definition) is 4. The number of anilines is 1. The molecule has 0 spiro atoms. The first kappa shape index (κ1) is 26.5. The third-order valence-corrected chi connectivity index (χ3v) is 7.58. The topological polar surface area (TPSA) is 31.4 Å².